The van der Waals surface area contributed by atoms with Gasteiger partial charge in [0.15, 0.2) is 0 Å². The van der Waals surface area contributed by atoms with E-state index >= 15 is 0 Å². The van der Waals surface area contributed by atoms with Crippen LogP contribution in [-0.4, -0.2) is 11.6 Å². The zero-order valence-corrected chi connectivity index (χ0v) is 10.6. The fourth-order valence-corrected chi connectivity index (χ4v) is 2.67. The fourth-order valence-electron chi connectivity index (χ4n) is 2.67. The molecule has 3 rings (SSSR count). The first-order valence-corrected chi connectivity index (χ1v) is 6.50. The molecule has 0 saturated carbocycles. The minimum absolute atomic E-state index is 0.198. The van der Waals surface area contributed by atoms with Gasteiger partial charge >= 0.3 is 0 Å². The summed E-state index contributed by atoms with van der Waals surface area (Å²) in [5.74, 6) is 0. The molecule has 2 aromatic rings. The van der Waals surface area contributed by atoms with Gasteiger partial charge in [-0.2, -0.15) is 0 Å². The number of rotatable bonds is 1. The predicted molar refractivity (Wildman–Crippen MR) is 72.4 cm³/mol. The summed E-state index contributed by atoms with van der Waals surface area (Å²) in [7, 11) is 0. The molecule has 2 nitrogen and oxygen atoms in total. The quantitative estimate of drug-likeness (QED) is 0.755. The van der Waals surface area contributed by atoms with Crippen LogP contribution in [0.5, 0.6) is 0 Å². The van der Waals surface area contributed by atoms with Crippen LogP contribution in [0.2, 0.25) is 0 Å². The van der Waals surface area contributed by atoms with Gasteiger partial charge in [-0.1, -0.05) is 18.2 Å². The van der Waals surface area contributed by atoms with Gasteiger partial charge in [0, 0.05) is 19.0 Å². The number of benzene rings is 1. The Labute approximate surface area is 108 Å². The van der Waals surface area contributed by atoms with Crippen molar-refractivity contribution in [1.82, 2.24) is 4.98 Å². The van der Waals surface area contributed by atoms with Crippen molar-refractivity contribution in [3.8, 4) is 11.1 Å². The molecule has 0 saturated heterocycles. The number of fused-ring (bicyclic) bond motifs is 1. The van der Waals surface area contributed by atoms with E-state index in [1.165, 1.54) is 22.3 Å². The molecule has 0 spiro atoms. The van der Waals surface area contributed by atoms with Crippen LogP contribution in [0, 0.1) is 0 Å². The summed E-state index contributed by atoms with van der Waals surface area (Å²) in [5, 5.41) is 0. The summed E-state index contributed by atoms with van der Waals surface area (Å²) in [4.78, 5) is 4.09. The molecule has 1 aromatic carbocycles. The number of hydrogen-bond acceptors (Lipinski definition) is 2. The van der Waals surface area contributed by atoms with Crippen LogP contribution in [0.25, 0.3) is 11.1 Å². The fraction of sp³-hybridized carbons (Fsp3) is 0.312. The van der Waals surface area contributed by atoms with Crippen molar-refractivity contribution in [3.05, 3.63) is 53.9 Å². The second-order valence-electron chi connectivity index (χ2n) is 4.73. The lowest BCUT2D eigenvalue weighted by atomic mass is 9.91. The minimum Gasteiger partial charge on any atom is -0.374 e. The van der Waals surface area contributed by atoms with E-state index in [0.717, 1.165) is 19.4 Å². The maximum absolute atomic E-state index is 5.81. The molecular weight excluding hydrogens is 222 g/mol. The third-order valence-corrected chi connectivity index (χ3v) is 3.58. The Kier molecular flexibility index (Phi) is 3.11. The molecule has 2 heterocycles. The Morgan fingerprint density at radius 3 is 2.83 bits per heavy atom. The molecule has 18 heavy (non-hydrogen) atoms. The lowest BCUT2D eigenvalue weighted by Gasteiger charge is -2.16. The van der Waals surface area contributed by atoms with Gasteiger partial charge < -0.3 is 4.74 Å². The van der Waals surface area contributed by atoms with Gasteiger partial charge in [0.25, 0.3) is 0 Å². The average Bonchev–Trinajstić information content (AvgIpc) is 2.62. The highest BCUT2D eigenvalue weighted by molar-refractivity contribution is 5.68. The van der Waals surface area contributed by atoms with Gasteiger partial charge in [-0.3, -0.25) is 4.98 Å². The highest BCUT2D eigenvalue weighted by atomic mass is 16.5. The first-order chi connectivity index (χ1) is 8.86. The molecular formula is C16H17NO. The summed E-state index contributed by atoms with van der Waals surface area (Å²) in [6.45, 7) is 2.99. The first-order valence-electron chi connectivity index (χ1n) is 6.50. The third kappa shape index (κ3) is 2.04. The predicted octanol–water partition coefficient (Wildman–Crippen LogP) is 3.77. The van der Waals surface area contributed by atoms with E-state index < -0.39 is 0 Å². The van der Waals surface area contributed by atoms with Crippen molar-refractivity contribution in [2.24, 2.45) is 0 Å². The molecule has 92 valence electrons. The first kappa shape index (κ1) is 11.4. The largest absolute Gasteiger partial charge is 0.374 e. The smallest absolute Gasteiger partial charge is 0.0799 e. The van der Waals surface area contributed by atoms with Crippen molar-refractivity contribution in [1.29, 1.82) is 0 Å². The van der Waals surface area contributed by atoms with Crippen LogP contribution < -0.4 is 0 Å². The number of nitrogens with zero attached hydrogens (tertiary/aromatic N) is 1. The molecule has 0 bridgehead atoms. The monoisotopic (exact) mass is 239 g/mol. The summed E-state index contributed by atoms with van der Waals surface area (Å²) in [6, 6.07) is 10.7. The maximum atomic E-state index is 5.81. The van der Waals surface area contributed by atoms with E-state index in [-0.39, 0.29) is 6.10 Å². The number of aromatic nitrogens is 1. The number of hydrogen-bond donors (Lipinski definition) is 0. The Balaban J connectivity index is 2.14. The lowest BCUT2D eigenvalue weighted by molar-refractivity contribution is 0.0699. The third-order valence-electron chi connectivity index (χ3n) is 3.58. The SMILES string of the molecule is C[C@H]1OCCCc2c(-c3ccncc3)cccc21. The molecule has 1 aliphatic heterocycles. The van der Waals surface area contributed by atoms with Crippen LogP contribution in [-0.2, 0) is 11.2 Å². The van der Waals surface area contributed by atoms with Crippen molar-refractivity contribution < 1.29 is 4.74 Å². The van der Waals surface area contributed by atoms with Gasteiger partial charge in [-0.05, 0) is 54.2 Å². The van der Waals surface area contributed by atoms with Crippen LogP contribution in [0.1, 0.15) is 30.6 Å². The second-order valence-corrected chi connectivity index (χ2v) is 4.73. The lowest BCUT2D eigenvalue weighted by Crippen LogP contribution is -2.00. The van der Waals surface area contributed by atoms with Crippen LogP contribution >= 0.6 is 0 Å². The highest BCUT2D eigenvalue weighted by Gasteiger charge is 2.18. The van der Waals surface area contributed by atoms with E-state index in [1.807, 2.05) is 12.4 Å². The normalized spacial score (nSPS) is 19.1. The van der Waals surface area contributed by atoms with E-state index in [4.69, 9.17) is 4.74 Å². The van der Waals surface area contributed by atoms with Crippen molar-refractivity contribution in [3.63, 3.8) is 0 Å². The van der Waals surface area contributed by atoms with Gasteiger partial charge in [0.1, 0.15) is 0 Å². The van der Waals surface area contributed by atoms with E-state index in [0.29, 0.717) is 0 Å². The van der Waals surface area contributed by atoms with Crippen LogP contribution in [0.4, 0.5) is 0 Å². The number of pyridine rings is 1. The van der Waals surface area contributed by atoms with Crippen molar-refractivity contribution >= 4 is 0 Å². The standard InChI is InChI=1S/C16H17NO/c1-12-14-4-2-5-15(13-7-9-17-10-8-13)16(14)6-3-11-18-12/h2,4-5,7-10,12H,3,6,11H2,1H3/t12-/m1/s1. The molecule has 0 N–H and O–H groups in total. The summed E-state index contributed by atoms with van der Waals surface area (Å²) >= 11 is 0. The minimum atomic E-state index is 0.198. The second kappa shape index (κ2) is 4.91. The maximum Gasteiger partial charge on any atom is 0.0799 e. The number of ether oxygens (including phenoxy) is 1. The molecule has 0 unspecified atom stereocenters. The Hall–Kier alpha value is -1.67. The molecule has 1 atom stereocenters. The van der Waals surface area contributed by atoms with E-state index in [2.05, 4.69) is 42.2 Å². The van der Waals surface area contributed by atoms with E-state index in [9.17, 15) is 0 Å². The average molecular weight is 239 g/mol. The highest BCUT2D eigenvalue weighted by Crippen LogP contribution is 2.33. The molecule has 0 amide bonds. The van der Waals surface area contributed by atoms with Crippen LogP contribution in [0.15, 0.2) is 42.7 Å². The Morgan fingerprint density at radius 2 is 2.00 bits per heavy atom. The van der Waals surface area contributed by atoms with Gasteiger partial charge in [-0.15, -0.1) is 0 Å². The van der Waals surface area contributed by atoms with Gasteiger partial charge in [0.2, 0.25) is 0 Å². The Bertz CT molecular complexity index is 536. The molecule has 1 aliphatic rings. The molecule has 2 heteroatoms. The van der Waals surface area contributed by atoms with Crippen LogP contribution in [0.3, 0.4) is 0 Å². The summed E-state index contributed by atoms with van der Waals surface area (Å²) in [5.41, 5.74) is 5.35. The molecule has 0 fully saturated rings. The van der Waals surface area contributed by atoms with Crippen molar-refractivity contribution in [2.45, 2.75) is 25.9 Å². The van der Waals surface area contributed by atoms with Gasteiger partial charge in [-0.25, -0.2) is 0 Å². The van der Waals surface area contributed by atoms with Crippen molar-refractivity contribution in [2.75, 3.05) is 6.61 Å². The molecule has 0 radical (unpaired) electrons. The van der Waals surface area contributed by atoms with E-state index in [1.54, 1.807) is 0 Å². The topological polar surface area (TPSA) is 22.1 Å². The molecule has 0 aliphatic carbocycles. The summed E-state index contributed by atoms with van der Waals surface area (Å²) < 4.78 is 5.81. The zero-order chi connectivity index (χ0) is 12.4. The Morgan fingerprint density at radius 1 is 1.17 bits per heavy atom. The zero-order valence-electron chi connectivity index (χ0n) is 10.6. The van der Waals surface area contributed by atoms with Gasteiger partial charge in [0.05, 0.1) is 6.10 Å². The molecule has 1 aromatic heterocycles. The summed E-state index contributed by atoms with van der Waals surface area (Å²) in [6.07, 6.45) is 6.10.